The molecule has 3 rings (SSSR count). The molecule has 1 aromatic rings. The van der Waals surface area contributed by atoms with Crippen LogP contribution in [0.5, 0.6) is 5.75 Å². The second kappa shape index (κ2) is 33.6. The zero-order chi connectivity index (χ0) is 62.2. The van der Waals surface area contributed by atoms with Crippen LogP contribution in [0.3, 0.4) is 0 Å². The van der Waals surface area contributed by atoms with Gasteiger partial charge in [-0.3, -0.25) is 62.7 Å². The first kappa shape index (κ1) is 69.0. The summed E-state index contributed by atoms with van der Waals surface area (Å²) in [6, 6.07) is -5.63. The summed E-state index contributed by atoms with van der Waals surface area (Å²) in [5.41, 5.74) is 27.9. The fraction of sp³-hybridized carbons (Fsp3) is 0.648. The first-order chi connectivity index (χ1) is 39.0. The Kier molecular flexibility index (Phi) is 27.9. The molecule has 462 valence electrons. The maximum atomic E-state index is 14.6. The summed E-state index contributed by atoms with van der Waals surface area (Å²) in [5.74, 6) is -8.45. The molecule has 2 saturated heterocycles. The largest absolute Gasteiger partial charge is 0.508 e. The van der Waals surface area contributed by atoms with Crippen LogP contribution in [0.4, 0.5) is 0 Å². The van der Waals surface area contributed by atoms with Crippen molar-refractivity contribution in [2.45, 2.75) is 186 Å². The van der Waals surface area contributed by atoms with Crippen LogP contribution in [0, 0.1) is 11.8 Å². The van der Waals surface area contributed by atoms with Gasteiger partial charge in [0.2, 0.25) is 65.0 Å². The van der Waals surface area contributed by atoms with E-state index in [4.69, 9.17) is 28.7 Å². The minimum absolute atomic E-state index is 0.0110. The molecule has 2 aliphatic heterocycles. The molecule has 29 heteroatoms. The van der Waals surface area contributed by atoms with Crippen molar-refractivity contribution in [2.75, 3.05) is 26.2 Å². The number of rotatable bonds is 32. The molecule has 2 fully saturated rings. The third-order valence-corrected chi connectivity index (χ3v) is 14.3. The Hall–Kier alpha value is -8.27. The molecule has 0 spiro atoms. The van der Waals surface area contributed by atoms with Crippen LogP contribution in [0.15, 0.2) is 34.3 Å². The van der Waals surface area contributed by atoms with E-state index in [0.717, 1.165) is 0 Å². The fourth-order valence-electron chi connectivity index (χ4n) is 9.52. The van der Waals surface area contributed by atoms with Crippen molar-refractivity contribution in [3.63, 3.8) is 0 Å². The van der Waals surface area contributed by atoms with Gasteiger partial charge >= 0.3 is 0 Å². The molecule has 2 aliphatic rings. The lowest BCUT2D eigenvalue weighted by Crippen LogP contribution is -2.60. The number of phenolic OH excluding ortho intramolecular Hbond substituents is 1. The summed E-state index contributed by atoms with van der Waals surface area (Å²) in [4.78, 5) is 160. The van der Waals surface area contributed by atoms with Crippen molar-refractivity contribution in [3.8, 4) is 5.75 Å². The molecule has 83 heavy (non-hydrogen) atoms. The van der Waals surface area contributed by atoms with E-state index in [-0.39, 0.29) is 101 Å². The Balaban J connectivity index is 1.83. The van der Waals surface area contributed by atoms with E-state index in [1.807, 2.05) is 13.8 Å². The average Bonchev–Trinajstić information content (AvgIpc) is 4.33. The number of nitrogens with zero attached hydrogens (tertiary/aromatic N) is 4. The molecule has 0 aliphatic carbocycles. The topological polar surface area (TPSA) is 466 Å². The van der Waals surface area contributed by atoms with E-state index in [1.54, 1.807) is 26.0 Å². The second-order valence-electron chi connectivity index (χ2n) is 21.7. The maximum Gasteiger partial charge on any atom is 0.245 e. The number of aliphatic imine (C=N–C) groups is 2. The van der Waals surface area contributed by atoms with E-state index in [0.29, 0.717) is 24.8 Å². The van der Waals surface area contributed by atoms with Gasteiger partial charge in [-0.2, -0.15) is 0 Å². The van der Waals surface area contributed by atoms with Crippen LogP contribution < -0.4 is 71.2 Å². The number of nitrogens with one attached hydrogen (secondary N) is 8. The Labute approximate surface area is 484 Å². The molecule has 11 amide bonds. The molecule has 1 aromatic carbocycles. The predicted octanol–water partition coefficient (Wildman–Crippen LogP) is -3.44. The summed E-state index contributed by atoms with van der Waals surface area (Å²) in [6.45, 7) is 13.1. The van der Waals surface area contributed by atoms with Crippen molar-refractivity contribution < 1.29 is 57.8 Å². The molecule has 11 unspecified atom stereocenters. The van der Waals surface area contributed by atoms with Crippen LogP contribution in [-0.4, -0.2) is 178 Å². The third-order valence-electron chi connectivity index (χ3n) is 14.3. The molecular weight excluding hydrogens is 1080 g/mol. The van der Waals surface area contributed by atoms with Crippen molar-refractivity contribution in [1.82, 2.24) is 52.3 Å². The van der Waals surface area contributed by atoms with Crippen LogP contribution in [-0.2, 0) is 59.2 Å². The van der Waals surface area contributed by atoms with E-state index in [9.17, 15) is 57.8 Å². The highest BCUT2D eigenvalue weighted by Gasteiger charge is 2.43. The molecule has 0 saturated carbocycles. The van der Waals surface area contributed by atoms with Gasteiger partial charge < -0.3 is 86.1 Å². The van der Waals surface area contributed by atoms with Gasteiger partial charge in [0.25, 0.3) is 0 Å². The van der Waals surface area contributed by atoms with Crippen molar-refractivity contribution in [3.05, 3.63) is 29.8 Å². The van der Waals surface area contributed by atoms with Gasteiger partial charge in [0.15, 0.2) is 11.9 Å². The maximum absolute atomic E-state index is 14.6. The molecular formula is C54H89N17O12. The summed E-state index contributed by atoms with van der Waals surface area (Å²) >= 11 is 0. The van der Waals surface area contributed by atoms with Crippen LogP contribution in [0.25, 0.3) is 0 Å². The van der Waals surface area contributed by atoms with Gasteiger partial charge in [0.05, 0.1) is 0 Å². The number of hydrogen-bond acceptors (Lipinski definition) is 14. The monoisotopic (exact) mass is 1170 g/mol. The quantitative estimate of drug-likeness (QED) is 0.0190. The molecule has 19 N–H and O–H groups in total. The zero-order valence-electron chi connectivity index (χ0n) is 49.0. The van der Waals surface area contributed by atoms with Gasteiger partial charge in [-0.15, -0.1) is 0 Å². The molecule has 11 atom stereocenters. The standard InChI is InChI=1S/C54H89N17O12/c1-9-29(4)42(69-47(78)38(27-34-18-20-35(73)21-19-34)67-44(75)31(6)62-33(8)72)50(81)64-32(7)45(76)66-37(15-11-23-61-54(58)59)51(82)70-24-12-17-41(70)49(80)68-39(26-28(2)3)52(83)71-25-13-16-40(71)48(79)65-36(14-10-22-60-53(56)57)46(77)63-30(5)43(55)74/h18-21,28-32,36-42,73H,9-17,22-27H2,1-8H3,(H2,55,74)(H,62,72)(H,63,77)(H,64,81)(H,65,79)(H,66,76)(H,67,75)(H,68,80)(H,69,78)(H4,56,57,60)(H4,58,59,61). The number of phenols is 1. The molecule has 29 nitrogen and oxygen atoms in total. The zero-order valence-corrected chi connectivity index (χ0v) is 49.0. The normalized spacial score (nSPS) is 18.0. The number of benzene rings is 1. The molecule has 0 bridgehead atoms. The lowest BCUT2D eigenvalue weighted by molar-refractivity contribution is -0.145. The SMILES string of the molecule is CCC(C)C(NC(=O)C(Cc1ccc(O)cc1)NC(=O)C(C)NC(C)=O)C(=O)NC(C)C(=O)NC(CCCN=C(N)N)C(=O)N1CCCC1C(=O)NC(CC(C)C)C(=O)N1CCCC1C(=O)NC(CCCN=C(N)N)C(=O)NC(C)C(N)=O. The van der Waals surface area contributed by atoms with E-state index in [2.05, 4.69) is 52.5 Å². The average molecular weight is 1170 g/mol. The number of likely N-dealkylation sites (tertiary alicyclic amines) is 2. The highest BCUT2D eigenvalue weighted by Crippen LogP contribution is 2.24. The highest BCUT2D eigenvalue weighted by molar-refractivity contribution is 5.99. The van der Waals surface area contributed by atoms with Gasteiger partial charge in [-0.1, -0.05) is 46.2 Å². The van der Waals surface area contributed by atoms with E-state index < -0.39 is 131 Å². The smallest absolute Gasteiger partial charge is 0.245 e. The lowest BCUT2D eigenvalue weighted by atomic mass is 9.96. The Morgan fingerprint density at radius 1 is 0.566 bits per heavy atom. The Morgan fingerprint density at radius 2 is 1.02 bits per heavy atom. The number of amides is 11. The van der Waals surface area contributed by atoms with E-state index in [1.165, 1.54) is 49.6 Å². The molecule has 0 aromatic heterocycles. The van der Waals surface area contributed by atoms with E-state index >= 15 is 0 Å². The predicted molar refractivity (Wildman–Crippen MR) is 307 cm³/mol. The number of carbonyl (C=O) groups excluding carboxylic acids is 11. The summed E-state index contributed by atoms with van der Waals surface area (Å²) in [6.07, 6.45) is 2.25. The number of carbonyl (C=O) groups is 11. The Bertz CT molecular complexity index is 2500. The van der Waals surface area contributed by atoms with Gasteiger partial charge in [0, 0.05) is 39.5 Å². The first-order valence-electron chi connectivity index (χ1n) is 28.2. The van der Waals surface area contributed by atoms with Gasteiger partial charge in [-0.05, 0) is 108 Å². The number of guanidine groups is 2. The molecule has 2 heterocycles. The van der Waals surface area contributed by atoms with Crippen LogP contribution in [0.2, 0.25) is 0 Å². The van der Waals surface area contributed by atoms with Crippen LogP contribution >= 0.6 is 0 Å². The minimum atomic E-state index is -1.30. The summed E-state index contributed by atoms with van der Waals surface area (Å²) in [5, 5.41) is 31.1. The third kappa shape index (κ3) is 22.5. The Morgan fingerprint density at radius 3 is 1.51 bits per heavy atom. The number of nitrogens with two attached hydrogens (primary N) is 5. The fourth-order valence-corrected chi connectivity index (χ4v) is 9.52. The number of aromatic hydroxyl groups is 1. The highest BCUT2D eigenvalue weighted by atomic mass is 16.3. The van der Waals surface area contributed by atoms with Gasteiger partial charge in [0.1, 0.15) is 66.2 Å². The number of primary amides is 1. The van der Waals surface area contributed by atoms with Crippen LogP contribution in [0.1, 0.15) is 125 Å². The minimum Gasteiger partial charge on any atom is -0.508 e. The van der Waals surface area contributed by atoms with Crippen molar-refractivity contribution in [1.29, 1.82) is 0 Å². The first-order valence-corrected chi connectivity index (χ1v) is 28.2. The lowest BCUT2D eigenvalue weighted by Gasteiger charge is -2.33. The second-order valence-corrected chi connectivity index (χ2v) is 21.7. The summed E-state index contributed by atoms with van der Waals surface area (Å²) in [7, 11) is 0. The van der Waals surface area contributed by atoms with Gasteiger partial charge in [-0.25, -0.2) is 0 Å². The van der Waals surface area contributed by atoms with Crippen molar-refractivity contribution >= 4 is 76.9 Å². The number of hydrogen-bond donors (Lipinski definition) is 14. The van der Waals surface area contributed by atoms with Crippen molar-refractivity contribution in [2.24, 2.45) is 50.5 Å². The molecule has 0 radical (unpaired) electrons. The summed E-state index contributed by atoms with van der Waals surface area (Å²) < 4.78 is 0.